The predicted molar refractivity (Wildman–Crippen MR) is 81.4 cm³/mol. The second-order valence-electron chi connectivity index (χ2n) is 5.58. The van der Waals surface area contributed by atoms with E-state index in [0.29, 0.717) is 25.4 Å². The summed E-state index contributed by atoms with van der Waals surface area (Å²) in [7, 11) is 0. The number of amides is 1. The van der Waals surface area contributed by atoms with Crippen LogP contribution in [-0.4, -0.2) is 19.0 Å². The van der Waals surface area contributed by atoms with E-state index in [4.69, 9.17) is 5.73 Å². The van der Waals surface area contributed by atoms with Crippen LogP contribution in [0.2, 0.25) is 0 Å². The number of hydrogen-bond donors (Lipinski definition) is 1. The number of rotatable bonds is 6. The van der Waals surface area contributed by atoms with E-state index in [-0.39, 0.29) is 5.91 Å². The van der Waals surface area contributed by atoms with Crippen LogP contribution in [0, 0.1) is 19.8 Å². The molecule has 1 rings (SSSR count). The standard InChI is InChI=1S/C16H26N2O/c1-12(2)10-16(19)18(9-5-8-17)15-7-6-13(3)11-14(15)4/h6-7,11-12H,5,8-10,17H2,1-4H3. The molecule has 2 N–H and O–H groups in total. The Hall–Kier alpha value is -1.35. The van der Waals surface area contributed by atoms with Gasteiger partial charge in [-0.2, -0.15) is 0 Å². The molecule has 0 aliphatic heterocycles. The number of aryl methyl sites for hydroxylation is 2. The lowest BCUT2D eigenvalue weighted by Crippen LogP contribution is -2.34. The summed E-state index contributed by atoms with van der Waals surface area (Å²) < 4.78 is 0. The Labute approximate surface area is 116 Å². The van der Waals surface area contributed by atoms with Gasteiger partial charge in [0.05, 0.1) is 0 Å². The van der Waals surface area contributed by atoms with Gasteiger partial charge in [-0.05, 0) is 44.4 Å². The molecule has 1 amide bonds. The van der Waals surface area contributed by atoms with Crippen LogP contribution in [0.4, 0.5) is 5.69 Å². The van der Waals surface area contributed by atoms with E-state index in [9.17, 15) is 4.79 Å². The first-order valence-electron chi connectivity index (χ1n) is 7.03. The molecular weight excluding hydrogens is 236 g/mol. The Kier molecular flexibility index (Phi) is 6.03. The summed E-state index contributed by atoms with van der Waals surface area (Å²) in [6.07, 6.45) is 1.41. The van der Waals surface area contributed by atoms with E-state index in [1.807, 2.05) is 11.0 Å². The van der Waals surface area contributed by atoms with E-state index in [2.05, 4.69) is 39.8 Å². The van der Waals surface area contributed by atoms with Gasteiger partial charge in [-0.3, -0.25) is 4.79 Å². The van der Waals surface area contributed by atoms with E-state index >= 15 is 0 Å². The van der Waals surface area contributed by atoms with Crippen molar-refractivity contribution >= 4 is 11.6 Å². The minimum absolute atomic E-state index is 0.190. The molecule has 0 aliphatic rings. The zero-order valence-corrected chi connectivity index (χ0v) is 12.6. The molecule has 0 aromatic heterocycles. The molecule has 0 saturated heterocycles. The van der Waals surface area contributed by atoms with E-state index < -0.39 is 0 Å². The number of carbonyl (C=O) groups is 1. The topological polar surface area (TPSA) is 46.3 Å². The van der Waals surface area contributed by atoms with Gasteiger partial charge in [-0.1, -0.05) is 31.5 Å². The van der Waals surface area contributed by atoms with Crippen molar-refractivity contribution in [1.29, 1.82) is 0 Å². The highest BCUT2D eigenvalue weighted by molar-refractivity contribution is 5.94. The maximum absolute atomic E-state index is 12.4. The number of nitrogens with zero attached hydrogens (tertiary/aromatic N) is 1. The lowest BCUT2D eigenvalue weighted by molar-refractivity contribution is -0.119. The van der Waals surface area contributed by atoms with Crippen LogP contribution in [-0.2, 0) is 4.79 Å². The van der Waals surface area contributed by atoms with Crippen LogP contribution < -0.4 is 10.6 Å². The number of hydrogen-bond acceptors (Lipinski definition) is 2. The first-order valence-corrected chi connectivity index (χ1v) is 7.03. The van der Waals surface area contributed by atoms with Crippen LogP contribution in [0.1, 0.15) is 37.8 Å². The Morgan fingerprint density at radius 2 is 2.00 bits per heavy atom. The highest BCUT2D eigenvalue weighted by Gasteiger charge is 2.17. The molecule has 0 spiro atoms. The molecular formula is C16H26N2O. The summed E-state index contributed by atoms with van der Waals surface area (Å²) in [6.45, 7) is 9.57. The van der Waals surface area contributed by atoms with Crippen LogP contribution in [0.15, 0.2) is 18.2 Å². The summed E-state index contributed by atoms with van der Waals surface area (Å²) in [5.41, 5.74) is 8.96. The molecule has 106 valence electrons. The van der Waals surface area contributed by atoms with Crippen LogP contribution >= 0.6 is 0 Å². The lowest BCUT2D eigenvalue weighted by atomic mass is 10.1. The van der Waals surface area contributed by atoms with Crippen molar-refractivity contribution in [2.45, 2.75) is 40.5 Å². The van der Waals surface area contributed by atoms with Crippen LogP contribution in [0.3, 0.4) is 0 Å². The van der Waals surface area contributed by atoms with Crippen LogP contribution in [0.25, 0.3) is 0 Å². The summed E-state index contributed by atoms with van der Waals surface area (Å²) >= 11 is 0. The van der Waals surface area contributed by atoms with Gasteiger partial charge in [0.25, 0.3) is 0 Å². The average Bonchev–Trinajstić information content (AvgIpc) is 2.31. The quantitative estimate of drug-likeness (QED) is 0.856. The fourth-order valence-electron chi connectivity index (χ4n) is 2.20. The van der Waals surface area contributed by atoms with Crippen molar-refractivity contribution in [3.63, 3.8) is 0 Å². The van der Waals surface area contributed by atoms with Gasteiger partial charge < -0.3 is 10.6 Å². The smallest absolute Gasteiger partial charge is 0.227 e. The van der Waals surface area contributed by atoms with Crippen molar-refractivity contribution in [3.8, 4) is 0 Å². The lowest BCUT2D eigenvalue weighted by Gasteiger charge is -2.25. The fraction of sp³-hybridized carbons (Fsp3) is 0.562. The molecule has 0 aliphatic carbocycles. The Morgan fingerprint density at radius 1 is 1.32 bits per heavy atom. The van der Waals surface area contributed by atoms with Crippen molar-refractivity contribution in [3.05, 3.63) is 29.3 Å². The van der Waals surface area contributed by atoms with Gasteiger partial charge in [0.2, 0.25) is 5.91 Å². The van der Waals surface area contributed by atoms with Crippen molar-refractivity contribution < 1.29 is 4.79 Å². The van der Waals surface area contributed by atoms with Gasteiger partial charge in [0.1, 0.15) is 0 Å². The zero-order valence-electron chi connectivity index (χ0n) is 12.6. The molecule has 0 atom stereocenters. The third kappa shape index (κ3) is 4.67. The second kappa shape index (κ2) is 7.29. The molecule has 3 heteroatoms. The minimum atomic E-state index is 0.190. The summed E-state index contributed by atoms with van der Waals surface area (Å²) in [6, 6.07) is 6.22. The molecule has 0 radical (unpaired) electrons. The third-order valence-corrected chi connectivity index (χ3v) is 3.11. The fourth-order valence-corrected chi connectivity index (χ4v) is 2.20. The number of benzene rings is 1. The number of nitrogens with two attached hydrogens (primary N) is 1. The highest BCUT2D eigenvalue weighted by atomic mass is 16.2. The largest absolute Gasteiger partial charge is 0.330 e. The van der Waals surface area contributed by atoms with Gasteiger partial charge >= 0.3 is 0 Å². The zero-order chi connectivity index (χ0) is 14.4. The van der Waals surface area contributed by atoms with Crippen molar-refractivity contribution in [2.24, 2.45) is 11.7 Å². The van der Waals surface area contributed by atoms with Gasteiger partial charge in [0.15, 0.2) is 0 Å². The molecule has 1 aromatic carbocycles. The molecule has 0 bridgehead atoms. The molecule has 0 fully saturated rings. The first kappa shape index (κ1) is 15.7. The average molecular weight is 262 g/mol. The SMILES string of the molecule is Cc1ccc(N(CCCN)C(=O)CC(C)C)c(C)c1. The predicted octanol–water partition coefficient (Wildman–Crippen LogP) is 3.03. The third-order valence-electron chi connectivity index (χ3n) is 3.11. The maximum Gasteiger partial charge on any atom is 0.227 e. The monoisotopic (exact) mass is 262 g/mol. The highest BCUT2D eigenvalue weighted by Crippen LogP contribution is 2.23. The van der Waals surface area contributed by atoms with E-state index in [1.165, 1.54) is 5.56 Å². The van der Waals surface area contributed by atoms with Gasteiger partial charge in [-0.25, -0.2) is 0 Å². The first-order chi connectivity index (χ1) is 8.95. The molecule has 3 nitrogen and oxygen atoms in total. The molecule has 19 heavy (non-hydrogen) atoms. The van der Waals surface area contributed by atoms with Crippen molar-refractivity contribution in [2.75, 3.05) is 18.0 Å². The Balaban J connectivity index is 2.98. The second-order valence-corrected chi connectivity index (χ2v) is 5.58. The van der Waals surface area contributed by atoms with E-state index in [1.54, 1.807) is 0 Å². The molecule has 0 saturated carbocycles. The van der Waals surface area contributed by atoms with Crippen molar-refractivity contribution in [1.82, 2.24) is 0 Å². The Morgan fingerprint density at radius 3 is 2.53 bits per heavy atom. The summed E-state index contributed by atoms with van der Waals surface area (Å²) in [5, 5.41) is 0. The van der Waals surface area contributed by atoms with Gasteiger partial charge in [-0.15, -0.1) is 0 Å². The Bertz CT molecular complexity index is 427. The summed E-state index contributed by atoms with van der Waals surface area (Å²) in [5.74, 6) is 0.564. The molecule has 0 heterocycles. The molecule has 0 unspecified atom stereocenters. The number of carbonyl (C=O) groups excluding carboxylic acids is 1. The van der Waals surface area contributed by atoms with Crippen LogP contribution in [0.5, 0.6) is 0 Å². The molecule has 1 aromatic rings. The van der Waals surface area contributed by atoms with E-state index in [0.717, 1.165) is 17.7 Å². The summed E-state index contributed by atoms with van der Waals surface area (Å²) in [4.78, 5) is 14.3. The minimum Gasteiger partial charge on any atom is -0.330 e. The number of anilines is 1. The normalized spacial score (nSPS) is 10.8. The maximum atomic E-state index is 12.4. The van der Waals surface area contributed by atoms with Gasteiger partial charge in [0, 0.05) is 18.7 Å².